The summed E-state index contributed by atoms with van der Waals surface area (Å²) in [5.74, 6) is -0.857. The smallest absolute Gasteiger partial charge is 0.420 e. The number of hydrogen-bond acceptors (Lipinski definition) is 3. The van der Waals surface area contributed by atoms with Crippen LogP contribution in [0.1, 0.15) is 36.8 Å². The van der Waals surface area contributed by atoms with E-state index in [1.807, 2.05) is 0 Å². The fourth-order valence-electron chi connectivity index (χ4n) is 2.60. The van der Waals surface area contributed by atoms with E-state index >= 15 is 0 Å². The van der Waals surface area contributed by atoms with Crippen LogP contribution < -0.4 is 0 Å². The Morgan fingerprint density at radius 2 is 1.90 bits per heavy atom. The molecule has 1 fully saturated rings. The van der Waals surface area contributed by atoms with Crippen LogP contribution in [-0.2, 0) is 16.5 Å². The second kappa shape index (κ2) is 5.22. The summed E-state index contributed by atoms with van der Waals surface area (Å²) in [6, 6.07) is 2.25. The SMILES string of the molecule is O=C=NC1(c2cc(Br)c(O)c(C(F)(F)F)c2)CCCC1. The molecule has 0 saturated heterocycles. The largest absolute Gasteiger partial charge is 0.506 e. The zero-order valence-electron chi connectivity index (χ0n) is 10.3. The van der Waals surface area contributed by atoms with Gasteiger partial charge in [0.2, 0.25) is 6.08 Å². The molecule has 0 unspecified atom stereocenters. The number of halogens is 4. The first-order valence-corrected chi connectivity index (χ1v) is 6.79. The van der Waals surface area contributed by atoms with E-state index < -0.39 is 23.0 Å². The van der Waals surface area contributed by atoms with Gasteiger partial charge < -0.3 is 5.11 Å². The number of rotatable bonds is 2. The minimum absolute atomic E-state index is 0.0605. The van der Waals surface area contributed by atoms with E-state index in [-0.39, 0.29) is 10.0 Å². The molecule has 1 saturated carbocycles. The molecule has 0 radical (unpaired) electrons. The van der Waals surface area contributed by atoms with Gasteiger partial charge >= 0.3 is 6.18 Å². The third-order valence-corrected chi connectivity index (χ3v) is 4.20. The number of hydrogen-bond donors (Lipinski definition) is 1. The van der Waals surface area contributed by atoms with Crippen molar-refractivity contribution in [3.63, 3.8) is 0 Å². The van der Waals surface area contributed by atoms with Crippen LogP contribution in [0.2, 0.25) is 0 Å². The highest BCUT2D eigenvalue weighted by atomic mass is 79.9. The number of benzene rings is 1. The van der Waals surface area contributed by atoms with Gasteiger partial charge in [0, 0.05) is 0 Å². The summed E-state index contributed by atoms with van der Waals surface area (Å²) < 4.78 is 38.7. The Hall–Kier alpha value is -1.33. The summed E-state index contributed by atoms with van der Waals surface area (Å²) in [6.07, 6.45) is -0.657. The number of carbonyl (C=O) groups excluding carboxylic acids is 1. The van der Waals surface area contributed by atoms with Gasteiger partial charge in [-0.3, -0.25) is 0 Å². The van der Waals surface area contributed by atoms with Crippen molar-refractivity contribution in [3.05, 3.63) is 27.7 Å². The molecule has 1 aliphatic rings. The van der Waals surface area contributed by atoms with Gasteiger partial charge in [0.05, 0.1) is 15.6 Å². The van der Waals surface area contributed by atoms with Crippen LogP contribution in [0.4, 0.5) is 13.2 Å². The molecule has 1 aromatic rings. The van der Waals surface area contributed by atoms with Crippen LogP contribution in [0.3, 0.4) is 0 Å². The molecule has 3 nitrogen and oxygen atoms in total. The minimum Gasteiger partial charge on any atom is -0.506 e. The monoisotopic (exact) mass is 349 g/mol. The van der Waals surface area contributed by atoms with Gasteiger partial charge in [-0.25, -0.2) is 4.79 Å². The molecular formula is C13H11BrF3NO2. The molecule has 0 amide bonds. The van der Waals surface area contributed by atoms with Gasteiger partial charge in [0.1, 0.15) is 5.75 Å². The van der Waals surface area contributed by atoms with Gasteiger partial charge in [-0.05, 0) is 46.5 Å². The predicted molar refractivity (Wildman–Crippen MR) is 69.1 cm³/mol. The third-order valence-electron chi connectivity index (χ3n) is 3.60. The van der Waals surface area contributed by atoms with Gasteiger partial charge in [-0.1, -0.05) is 12.8 Å². The minimum atomic E-state index is -4.67. The summed E-state index contributed by atoms with van der Waals surface area (Å²) >= 11 is 2.92. The summed E-state index contributed by atoms with van der Waals surface area (Å²) in [7, 11) is 0. The van der Waals surface area contributed by atoms with Gasteiger partial charge in [0.15, 0.2) is 0 Å². The van der Waals surface area contributed by atoms with Crippen LogP contribution >= 0.6 is 15.9 Å². The summed E-state index contributed by atoms with van der Waals surface area (Å²) in [4.78, 5) is 14.3. The maximum atomic E-state index is 12.9. The molecular weight excluding hydrogens is 339 g/mol. The molecule has 0 aromatic heterocycles. The van der Waals surface area contributed by atoms with Gasteiger partial charge in [0.25, 0.3) is 0 Å². The van der Waals surface area contributed by atoms with E-state index in [4.69, 9.17) is 0 Å². The molecule has 7 heteroatoms. The fraction of sp³-hybridized carbons (Fsp3) is 0.462. The van der Waals surface area contributed by atoms with E-state index in [1.54, 1.807) is 0 Å². The maximum Gasteiger partial charge on any atom is 0.420 e. The Kier molecular flexibility index (Phi) is 3.93. The number of phenols is 1. The highest BCUT2D eigenvalue weighted by Crippen LogP contribution is 2.47. The highest BCUT2D eigenvalue weighted by Gasteiger charge is 2.40. The second-order valence-corrected chi connectivity index (χ2v) is 5.65. The van der Waals surface area contributed by atoms with E-state index in [0.717, 1.165) is 18.9 Å². The van der Waals surface area contributed by atoms with E-state index in [0.29, 0.717) is 12.8 Å². The Morgan fingerprint density at radius 3 is 2.40 bits per heavy atom. The highest BCUT2D eigenvalue weighted by molar-refractivity contribution is 9.10. The van der Waals surface area contributed by atoms with Crippen LogP contribution in [0, 0.1) is 0 Å². The number of isocyanates is 1. The van der Waals surface area contributed by atoms with Gasteiger partial charge in [-0.2, -0.15) is 18.2 Å². The van der Waals surface area contributed by atoms with Gasteiger partial charge in [-0.15, -0.1) is 0 Å². The zero-order chi connectivity index (χ0) is 15.0. The molecule has 0 heterocycles. The topological polar surface area (TPSA) is 49.7 Å². The average molecular weight is 350 g/mol. The number of nitrogens with zero attached hydrogens (tertiary/aromatic N) is 1. The second-order valence-electron chi connectivity index (χ2n) is 4.79. The Labute approximate surface area is 121 Å². The molecule has 20 heavy (non-hydrogen) atoms. The molecule has 1 aliphatic carbocycles. The summed E-state index contributed by atoms with van der Waals surface area (Å²) in [5, 5.41) is 9.54. The lowest BCUT2D eigenvalue weighted by Crippen LogP contribution is -2.20. The van der Waals surface area contributed by atoms with Crippen LogP contribution in [0.15, 0.2) is 21.6 Å². The van der Waals surface area contributed by atoms with Crippen LogP contribution in [0.25, 0.3) is 0 Å². The van der Waals surface area contributed by atoms with Crippen LogP contribution in [-0.4, -0.2) is 11.2 Å². The van der Waals surface area contributed by atoms with Crippen molar-refractivity contribution in [2.75, 3.05) is 0 Å². The van der Waals surface area contributed by atoms with Crippen molar-refractivity contribution in [1.82, 2.24) is 0 Å². The van der Waals surface area contributed by atoms with Crippen LogP contribution in [0.5, 0.6) is 5.75 Å². The predicted octanol–water partition coefficient (Wildman–Crippen LogP) is 4.28. The molecule has 0 atom stereocenters. The Morgan fingerprint density at radius 1 is 1.30 bits per heavy atom. The normalized spacial score (nSPS) is 17.8. The van der Waals surface area contributed by atoms with Crippen molar-refractivity contribution in [2.24, 2.45) is 4.99 Å². The van der Waals surface area contributed by atoms with Crippen molar-refractivity contribution in [3.8, 4) is 5.75 Å². The Bertz CT molecular complexity index is 574. The average Bonchev–Trinajstić information content (AvgIpc) is 2.81. The molecule has 1 aromatic carbocycles. The van der Waals surface area contributed by atoms with Crippen molar-refractivity contribution < 1.29 is 23.1 Å². The fourth-order valence-corrected chi connectivity index (χ4v) is 3.06. The summed E-state index contributed by atoms with van der Waals surface area (Å²) in [5.41, 5.74) is -1.82. The van der Waals surface area contributed by atoms with Crippen molar-refractivity contribution in [2.45, 2.75) is 37.4 Å². The number of phenolic OH excluding ortho intramolecular Hbond substituents is 1. The number of alkyl halides is 3. The zero-order valence-corrected chi connectivity index (χ0v) is 11.9. The third kappa shape index (κ3) is 2.60. The molecule has 1 N–H and O–H groups in total. The first-order valence-electron chi connectivity index (χ1n) is 5.99. The van der Waals surface area contributed by atoms with E-state index in [9.17, 15) is 23.1 Å². The molecule has 0 aliphatic heterocycles. The lowest BCUT2D eigenvalue weighted by Gasteiger charge is -2.24. The summed E-state index contributed by atoms with van der Waals surface area (Å²) in [6.45, 7) is 0. The molecule has 2 rings (SSSR count). The maximum absolute atomic E-state index is 12.9. The van der Waals surface area contributed by atoms with E-state index in [2.05, 4.69) is 20.9 Å². The molecule has 0 spiro atoms. The first kappa shape index (κ1) is 15.1. The lowest BCUT2D eigenvalue weighted by molar-refractivity contribution is -0.138. The first-order chi connectivity index (χ1) is 9.30. The molecule has 0 bridgehead atoms. The quantitative estimate of drug-likeness (QED) is 0.639. The van der Waals surface area contributed by atoms with Crippen molar-refractivity contribution >= 4 is 22.0 Å². The van der Waals surface area contributed by atoms with Crippen molar-refractivity contribution in [1.29, 1.82) is 0 Å². The molecule has 108 valence electrons. The lowest BCUT2D eigenvalue weighted by atomic mass is 9.87. The number of aliphatic imine (C=N–C) groups is 1. The van der Waals surface area contributed by atoms with E-state index in [1.165, 1.54) is 12.1 Å². The standard InChI is InChI=1S/C13H11BrF3NO2/c14-10-6-8(5-9(11(10)20)13(15,16)17)12(18-7-19)3-1-2-4-12/h5-6,20H,1-4H2. The number of aromatic hydroxyl groups is 1. The Balaban J connectivity index is 2.63.